The number of benzene rings is 2. The highest BCUT2D eigenvalue weighted by Crippen LogP contribution is 2.19. The van der Waals surface area contributed by atoms with Gasteiger partial charge >= 0.3 is 0 Å². The van der Waals surface area contributed by atoms with Gasteiger partial charge in [-0.3, -0.25) is 4.79 Å². The van der Waals surface area contributed by atoms with Crippen LogP contribution < -0.4 is 10.2 Å². The van der Waals surface area contributed by atoms with Gasteiger partial charge in [0.2, 0.25) is 0 Å². The molecule has 0 bridgehead atoms. The van der Waals surface area contributed by atoms with Gasteiger partial charge in [-0.2, -0.15) is 5.10 Å². The number of aryl methyl sites for hydroxylation is 1. The highest BCUT2D eigenvalue weighted by molar-refractivity contribution is 6.04. The van der Waals surface area contributed by atoms with Crippen LogP contribution >= 0.6 is 0 Å². The third-order valence-electron chi connectivity index (χ3n) is 4.71. The van der Waals surface area contributed by atoms with Crippen LogP contribution in [0.5, 0.6) is 0 Å². The Morgan fingerprint density at radius 2 is 1.97 bits per heavy atom. The number of hydrogen-bond acceptors (Lipinski definition) is 4. The molecule has 0 atom stereocenters. The van der Waals surface area contributed by atoms with E-state index >= 15 is 0 Å². The van der Waals surface area contributed by atoms with E-state index in [4.69, 9.17) is 0 Å². The van der Waals surface area contributed by atoms with Crippen LogP contribution in [0.3, 0.4) is 0 Å². The number of nitrogens with one attached hydrogen (secondary N) is 1. The van der Waals surface area contributed by atoms with Gasteiger partial charge in [0, 0.05) is 55.1 Å². The molecule has 0 fully saturated rings. The molecule has 1 N–H and O–H groups in total. The summed E-state index contributed by atoms with van der Waals surface area (Å²) < 4.78 is 1.68. The second-order valence-electron chi connectivity index (χ2n) is 7.16. The van der Waals surface area contributed by atoms with E-state index < -0.39 is 0 Å². The van der Waals surface area contributed by atoms with Crippen molar-refractivity contribution in [1.82, 2.24) is 14.6 Å². The van der Waals surface area contributed by atoms with E-state index in [0.717, 1.165) is 33.7 Å². The Balaban J connectivity index is 1.57. The van der Waals surface area contributed by atoms with Crippen LogP contribution in [-0.2, 0) is 0 Å². The van der Waals surface area contributed by atoms with Crippen LogP contribution in [0.15, 0.2) is 67.1 Å². The molecule has 2 aromatic heterocycles. The fourth-order valence-electron chi connectivity index (χ4n) is 2.98. The summed E-state index contributed by atoms with van der Waals surface area (Å²) >= 11 is 0. The number of nitrogens with zero attached hydrogens (tertiary/aromatic N) is 4. The van der Waals surface area contributed by atoms with Crippen LogP contribution in [0.1, 0.15) is 27.0 Å². The largest absolute Gasteiger partial charge is 0.378 e. The molecule has 0 aliphatic heterocycles. The molecule has 6 heteroatoms. The molecule has 30 heavy (non-hydrogen) atoms. The first-order valence-corrected chi connectivity index (χ1v) is 9.50. The number of amides is 1. The summed E-state index contributed by atoms with van der Waals surface area (Å²) in [5.74, 6) is 6.09. The normalized spacial score (nSPS) is 10.4. The Kier molecular flexibility index (Phi) is 5.19. The van der Waals surface area contributed by atoms with Crippen molar-refractivity contribution in [1.29, 1.82) is 0 Å². The van der Waals surface area contributed by atoms with Gasteiger partial charge in [0.05, 0.1) is 11.8 Å². The van der Waals surface area contributed by atoms with Crippen molar-refractivity contribution in [2.45, 2.75) is 6.92 Å². The molecule has 0 aliphatic rings. The summed E-state index contributed by atoms with van der Waals surface area (Å²) in [6.07, 6.45) is 5.24. The monoisotopic (exact) mass is 395 g/mol. The van der Waals surface area contributed by atoms with Crippen LogP contribution in [0, 0.1) is 18.8 Å². The van der Waals surface area contributed by atoms with Gasteiger partial charge in [0.15, 0.2) is 5.65 Å². The Bertz CT molecular complexity index is 1290. The Morgan fingerprint density at radius 1 is 1.10 bits per heavy atom. The number of hydrogen-bond donors (Lipinski definition) is 1. The molecule has 4 aromatic rings. The van der Waals surface area contributed by atoms with Gasteiger partial charge in [-0.05, 0) is 42.8 Å². The Morgan fingerprint density at radius 3 is 2.80 bits per heavy atom. The molecule has 148 valence electrons. The summed E-state index contributed by atoms with van der Waals surface area (Å²) in [5.41, 5.74) is 5.64. The second-order valence-corrected chi connectivity index (χ2v) is 7.16. The number of carbonyl (C=O) groups excluding carboxylic acids is 1. The minimum Gasteiger partial charge on any atom is -0.378 e. The first-order valence-electron chi connectivity index (χ1n) is 9.50. The molecule has 0 saturated heterocycles. The number of anilines is 2. The third kappa shape index (κ3) is 4.15. The topological polar surface area (TPSA) is 62.5 Å². The van der Waals surface area contributed by atoms with Gasteiger partial charge in [0.25, 0.3) is 5.91 Å². The molecule has 6 nitrogen and oxygen atoms in total. The summed E-state index contributed by atoms with van der Waals surface area (Å²) in [5, 5.41) is 7.13. The van der Waals surface area contributed by atoms with Gasteiger partial charge in [0.1, 0.15) is 0 Å². The lowest BCUT2D eigenvalue weighted by atomic mass is 10.0. The zero-order chi connectivity index (χ0) is 21.1. The van der Waals surface area contributed by atoms with Crippen molar-refractivity contribution >= 4 is 22.9 Å². The van der Waals surface area contributed by atoms with E-state index in [1.54, 1.807) is 16.9 Å². The third-order valence-corrected chi connectivity index (χ3v) is 4.71. The zero-order valence-electron chi connectivity index (χ0n) is 17.0. The van der Waals surface area contributed by atoms with E-state index in [-0.39, 0.29) is 5.91 Å². The molecule has 4 rings (SSSR count). The lowest BCUT2D eigenvalue weighted by Crippen LogP contribution is -2.13. The molecule has 0 saturated carbocycles. The summed E-state index contributed by atoms with van der Waals surface area (Å²) in [7, 11) is 3.93. The second kappa shape index (κ2) is 8.10. The van der Waals surface area contributed by atoms with Gasteiger partial charge in [-0.25, -0.2) is 9.50 Å². The summed E-state index contributed by atoms with van der Waals surface area (Å²) in [6, 6.07) is 15.1. The molecule has 2 aromatic carbocycles. The van der Waals surface area contributed by atoms with Crippen LogP contribution in [-0.4, -0.2) is 34.6 Å². The lowest BCUT2D eigenvalue weighted by molar-refractivity contribution is 0.102. The first kappa shape index (κ1) is 19.2. The average Bonchev–Trinajstić information content (AvgIpc) is 3.21. The molecule has 0 spiro atoms. The van der Waals surface area contributed by atoms with Crippen LogP contribution in [0.2, 0.25) is 0 Å². The average molecular weight is 395 g/mol. The minimum absolute atomic E-state index is 0.173. The van der Waals surface area contributed by atoms with Crippen molar-refractivity contribution in [3.8, 4) is 11.8 Å². The minimum atomic E-state index is -0.173. The number of fused-ring (bicyclic) bond motifs is 1. The van der Waals surface area contributed by atoms with Crippen molar-refractivity contribution in [3.63, 3.8) is 0 Å². The quantitative estimate of drug-likeness (QED) is 0.537. The lowest BCUT2D eigenvalue weighted by Gasteiger charge is -2.14. The Hall–Kier alpha value is -4.11. The highest BCUT2D eigenvalue weighted by Gasteiger charge is 2.09. The van der Waals surface area contributed by atoms with Gasteiger partial charge in [-0.1, -0.05) is 24.0 Å². The van der Waals surface area contributed by atoms with Crippen LogP contribution in [0.25, 0.3) is 5.65 Å². The van der Waals surface area contributed by atoms with Gasteiger partial charge in [-0.15, -0.1) is 0 Å². The standard InChI is InChI=1S/C24H21N5O/c1-17-7-9-20(24(30)27-21-5-4-6-22(14-21)28(2)3)13-19(17)10-8-18-15-25-23-11-12-26-29(23)16-18/h4-7,9,11-16H,1-3H3,(H,27,30). The zero-order valence-corrected chi connectivity index (χ0v) is 17.0. The summed E-state index contributed by atoms with van der Waals surface area (Å²) in [6.45, 7) is 1.97. The maximum Gasteiger partial charge on any atom is 0.255 e. The van der Waals surface area contributed by atoms with E-state index in [1.807, 2.05) is 80.6 Å². The number of aromatic nitrogens is 3. The highest BCUT2D eigenvalue weighted by atomic mass is 16.1. The maximum atomic E-state index is 12.8. The van der Waals surface area contributed by atoms with Crippen LogP contribution in [0.4, 0.5) is 11.4 Å². The summed E-state index contributed by atoms with van der Waals surface area (Å²) in [4.78, 5) is 19.1. The fraction of sp³-hybridized carbons (Fsp3) is 0.125. The van der Waals surface area contributed by atoms with E-state index in [2.05, 4.69) is 27.2 Å². The number of rotatable bonds is 3. The van der Waals surface area contributed by atoms with Crippen molar-refractivity contribution < 1.29 is 4.79 Å². The smallest absolute Gasteiger partial charge is 0.255 e. The SMILES string of the molecule is Cc1ccc(C(=O)Nc2cccc(N(C)C)c2)cc1C#Cc1cnc2ccnn2c1. The van der Waals surface area contributed by atoms with E-state index in [9.17, 15) is 4.79 Å². The molecular weight excluding hydrogens is 374 g/mol. The van der Waals surface area contributed by atoms with E-state index in [0.29, 0.717) is 5.56 Å². The maximum absolute atomic E-state index is 12.8. The van der Waals surface area contributed by atoms with Crippen molar-refractivity contribution in [2.75, 3.05) is 24.3 Å². The Labute approximate surface area is 175 Å². The molecule has 0 unspecified atom stereocenters. The van der Waals surface area contributed by atoms with Gasteiger partial charge < -0.3 is 10.2 Å². The van der Waals surface area contributed by atoms with Crippen molar-refractivity contribution in [3.05, 3.63) is 89.4 Å². The number of carbonyl (C=O) groups is 1. The van der Waals surface area contributed by atoms with Crippen molar-refractivity contribution in [2.24, 2.45) is 0 Å². The molecule has 2 heterocycles. The predicted molar refractivity (Wildman–Crippen MR) is 119 cm³/mol. The predicted octanol–water partition coefficient (Wildman–Crippen LogP) is 3.76. The fourth-order valence-corrected chi connectivity index (χ4v) is 2.98. The molecule has 0 radical (unpaired) electrons. The molecule has 0 aliphatic carbocycles. The van der Waals surface area contributed by atoms with E-state index in [1.165, 1.54) is 0 Å². The molecular formula is C24H21N5O. The molecule has 1 amide bonds. The first-order chi connectivity index (χ1) is 14.5.